The largest absolute Gasteiger partial charge is 0.508 e. The minimum atomic E-state index is 0.211. The molecular formula is C22H26N3O2+. The van der Waals surface area contributed by atoms with Crippen molar-refractivity contribution in [1.82, 2.24) is 4.98 Å². The third-order valence-electron chi connectivity index (χ3n) is 5.58. The number of fused-ring (bicyclic) bond motifs is 1. The number of phenolic OH excluding ortho intramolecular Hbond substituents is 1. The summed E-state index contributed by atoms with van der Waals surface area (Å²) in [6.07, 6.45) is 2.83. The van der Waals surface area contributed by atoms with Gasteiger partial charge in [-0.2, -0.15) is 0 Å². The van der Waals surface area contributed by atoms with Gasteiger partial charge in [-0.05, 0) is 36.2 Å². The first kappa shape index (κ1) is 17.6. The number of aromatic hydroxyl groups is 1. The Morgan fingerprint density at radius 3 is 2.59 bits per heavy atom. The van der Waals surface area contributed by atoms with E-state index >= 15 is 0 Å². The van der Waals surface area contributed by atoms with Crippen molar-refractivity contribution in [2.45, 2.75) is 13.3 Å². The van der Waals surface area contributed by atoms with Gasteiger partial charge in [0.1, 0.15) is 12.3 Å². The van der Waals surface area contributed by atoms with Crippen LogP contribution in [0.5, 0.6) is 5.75 Å². The van der Waals surface area contributed by atoms with Gasteiger partial charge < -0.3 is 19.9 Å². The second kappa shape index (κ2) is 7.45. The van der Waals surface area contributed by atoms with Gasteiger partial charge in [0.25, 0.3) is 0 Å². The first-order valence-electron chi connectivity index (χ1n) is 9.65. The van der Waals surface area contributed by atoms with Gasteiger partial charge in [-0.15, -0.1) is 0 Å². The number of rotatable bonds is 5. The molecule has 5 heteroatoms. The van der Waals surface area contributed by atoms with Crippen molar-refractivity contribution >= 4 is 22.4 Å². The molecule has 0 bridgehead atoms. The van der Waals surface area contributed by atoms with E-state index in [-0.39, 0.29) is 5.78 Å². The van der Waals surface area contributed by atoms with Gasteiger partial charge in [-0.25, -0.2) is 0 Å². The first-order chi connectivity index (χ1) is 13.2. The summed E-state index contributed by atoms with van der Waals surface area (Å²) in [5.74, 6) is 0.501. The zero-order chi connectivity index (χ0) is 18.8. The van der Waals surface area contributed by atoms with Crippen molar-refractivity contribution < 1.29 is 14.8 Å². The quantitative estimate of drug-likeness (QED) is 0.607. The van der Waals surface area contributed by atoms with Crippen LogP contribution in [0.25, 0.3) is 10.9 Å². The Morgan fingerprint density at radius 1 is 1.15 bits per heavy atom. The fourth-order valence-electron chi connectivity index (χ4n) is 3.99. The molecule has 0 unspecified atom stereocenters. The molecule has 0 atom stereocenters. The van der Waals surface area contributed by atoms with Crippen molar-refractivity contribution in [3.63, 3.8) is 0 Å². The smallest absolute Gasteiger partial charge is 0.219 e. The van der Waals surface area contributed by atoms with Crippen molar-refractivity contribution in [3.8, 4) is 5.75 Å². The van der Waals surface area contributed by atoms with Crippen LogP contribution in [0.1, 0.15) is 22.8 Å². The number of anilines is 1. The Labute approximate surface area is 159 Å². The number of H-pyrrole nitrogens is 1. The molecule has 1 aromatic heterocycles. The van der Waals surface area contributed by atoms with E-state index in [9.17, 15) is 9.90 Å². The number of aromatic amines is 1. The normalized spacial score (nSPS) is 15.4. The number of aryl methyl sites for hydroxylation is 1. The van der Waals surface area contributed by atoms with Gasteiger partial charge in [-0.1, -0.05) is 25.1 Å². The molecule has 0 aliphatic carbocycles. The van der Waals surface area contributed by atoms with Crippen LogP contribution in [-0.4, -0.2) is 48.6 Å². The number of carbonyl (C=O) groups excluding carboxylic acids is 1. The van der Waals surface area contributed by atoms with Crippen LogP contribution < -0.4 is 9.80 Å². The molecule has 27 heavy (non-hydrogen) atoms. The van der Waals surface area contributed by atoms with Crippen LogP contribution in [0.4, 0.5) is 5.69 Å². The van der Waals surface area contributed by atoms with E-state index in [4.69, 9.17) is 0 Å². The molecule has 3 aromatic rings. The van der Waals surface area contributed by atoms with Crippen LogP contribution in [0, 0.1) is 0 Å². The molecule has 0 spiro atoms. The van der Waals surface area contributed by atoms with Gasteiger partial charge in [0.15, 0.2) is 0 Å². The summed E-state index contributed by atoms with van der Waals surface area (Å²) in [5, 5.41) is 10.5. The van der Waals surface area contributed by atoms with Gasteiger partial charge >= 0.3 is 0 Å². The predicted molar refractivity (Wildman–Crippen MR) is 108 cm³/mol. The second-order valence-electron chi connectivity index (χ2n) is 7.25. The number of piperazine rings is 1. The zero-order valence-corrected chi connectivity index (χ0v) is 15.7. The van der Waals surface area contributed by atoms with Crippen LogP contribution in [0.2, 0.25) is 0 Å². The standard InChI is InChI=1S/C22H25N3O2/c1-2-16-4-3-5-19-20(14-23-22(16)19)21(27)15-24-10-12-25(13-11-24)17-6-8-18(26)9-7-17/h3-9,14,23,26H,2,10-13,15H2,1H3/p+1. The van der Waals surface area contributed by atoms with E-state index in [2.05, 4.69) is 22.9 Å². The topological polar surface area (TPSA) is 60.8 Å². The number of aromatic nitrogens is 1. The third-order valence-corrected chi connectivity index (χ3v) is 5.58. The molecule has 2 heterocycles. The minimum Gasteiger partial charge on any atom is -0.508 e. The van der Waals surface area contributed by atoms with E-state index in [1.165, 1.54) is 10.5 Å². The Kier molecular flexibility index (Phi) is 4.86. The van der Waals surface area contributed by atoms with Crippen LogP contribution >= 0.6 is 0 Å². The average Bonchev–Trinajstić information content (AvgIpc) is 3.13. The van der Waals surface area contributed by atoms with Gasteiger partial charge in [0.05, 0.1) is 26.2 Å². The fraction of sp³-hybridized carbons (Fsp3) is 0.318. The summed E-state index contributed by atoms with van der Waals surface area (Å²) < 4.78 is 0. The number of nitrogens with zero attached hydrogens (tertiary/aromatic N) is 1. The highest BCUT2D eigenvalue weighted by molar-refractivity contribution is 6.08. The summed E-state index contributed by atoms with van der Waals surface area (Å²) in [7, 11) is 0. The zero-order valence-electron chi connectivity index (χ0n) is 15.7. The summed E-state index contributed by atoms with van der Waals surface area (Å²) in [5.41, 5.74) is 4.28. The van der Waals surface area contributed by atoms with Gasteiger partial charge in [-0.3, -0.25) is 4.79 Å². The third kappa shape index (κ3) is 3.55. The lowest BCUT2D eigenvalue weighted by atomic mass is 10.0. The summed E-state index contributed by atoms with van der Waals surface area (Å²) >= 11 is 0. The number of hydrogen-bond acceptors (Lipinski definition) is 3. The van der Waals surface area contributed by atoms with Crippen LogP contribution in [0.3, 0.4) is 0 Å². The summed E-state index contributed by atoms with van der Waals surface area (Å²) in [6, 6.07) is 13.5. The molecule has 1 fully saturated rings. The van der Waals surface area contributed by atoms with Crippen LogP contribution in [-0.2, 0) is 6.42 Å². The molecule has 0 saturated carbocycles. The maximum atomic E-state index is 12.9. The molecule has 140 valence electrons. The number of ketones is 1. The predicted octanol–water partition coefficient (Wildman–Crippen LogP) is 2.02. The Balaban J connectivity index is 1.40. The minimum absolute atomic E-state index is 0.211. The van der Waals surface area contributed by atoms with Crippen LogP contribution in [0.15, 0.2) is 48.7 Å². The molecular weight excluding hydrogens is 338 g/mol. The Bertz CT molecular complexity index is 938. The maximum absolute atomic E-state index is 12.9. The van der Waals surface area contributed by atoms with E-state index in [0.29, 0.717) is 12.3 Å². The maximum Gasteiger partial charge on any atom is 0.219 e. The second-order valence-corrected chi connectivity index (χ2v) is 7.25. The van der Waals surface area contributed by atoms with Gasteiger partial charge in [0.2, 0.25) is 5.78 Å². The summed E-state index contributed by atoms with van der Waals surface area (Å²) in [4.78, 5) is 19.8. The molecule has 1 aliphatic heterocycles. The molecule has 0 radical (unpaired) electrons. The molecule has 4 rings (SSSR count). The van der Waals surface area contributed by atoms with E-state index < -0.39 is 0 Å². The number of phenols is 1. The number of benzene rings is 2. The fourth-order valence-corrected chi connectivity index (χ4v) is 3.99. The van der Waals surface area contributed by atoms with Crippen molar-refractivity contribution in [2.24, 2.45) is 0 Å². The number of para-hydroxylation sites is 1. The van der Waals surface area contributed by atoms with Crippen molar-refractivity contribution in [1.29, 1.82) is 0 Å². The molecule has 2 aromatic carbocycles. The first-order valence-corrected chi connectivity index (χ1v) is 9.65. The lowest BCUT2D eigenvalue weighted by Crippen LogP contribution is -3.15. The van der Waals surface area contributed by atoms with E-state index in [0.717, 1.165) is 54.8 Å². The summed E-state index contributed by atoms with van der Waals surface area (Å²) in [6.45, 7) is 6.38. The van der Waals surface area contributed by atoms with Crippen molar-refractivity contribution in [2.75, 3.05) is 37.6 Å². The highest BCUT2D eigenvalue weighted by atomic mass is 16.3. The molecule has 3 N–H and O–H groups in total. The number of Topliss-reactive ketones (excluding diaryl/α,β-unsaturated/α-hetero) is 1. The molecule has 1 aliphatic rings. The number of quaternary nitrogens is 1. The lowest BCUT2D eigenvalue weighted by molar-refractivity contribution is -0.892. The highest BCUT2D eigenvalue weighted by Crippen LogP contribution is 2.22. The van der Waals surface area contributed by atoms with E-state index in [1.807, 2.05) is 30.5 Å². The number of hydrogen-bond donors (Lipinski definition) is 3. The monoisotopic (exact) mass is 364 g/mol. The Hall–Kier alpha value is -2.79. The Morgan fingerprint density at radius 2 is 1.89 bits per heavy atom. The molecule has 5 nitrogen and oxygen atoms in total. The SMILES string of the molecule is CCc1cccc2c(C(=O)C[NH+]3CCN(c4ccc(O)cc4)CC3)c[nH]c12. The number of carbonyl (C=O) groups is 1. The van der Waals surface area contributed by atoms with E-state index in [1.54, 1.807) is 12.1 Å². The van der Waals surface area contributed by atoms with Crippen molar-refractivity contribution in [3.05, 3.63) is 59.8 Å². The molecule has 1 saturated heterocycles. The average molecular weight is 364 g/mol. The lowest BCUT2D eigenvalue weighted by Gasteiger charge is -2.33. The number of nitrogens with one attached hydrogen (secondary N) is 2. The highest BCUT2D eigenvalue weighted by Gasteiger charge is 2.24. The molecule has 0 amide bonds. The van der Waals surface area contributed by atoms with Gasteiger partial charge in [0, 0.05) is 28.4 Å².